The maximum atomic E-state index is 11.2. The number of fused-ring (bicyclic) bond motifs is 3. The predicted octanol–water partition coefficient (Wildman–Crippen LogP) is 2.15. The van der Waals surface area contributed by atoms with Gasteiger partial charge in [0.05, 0.1) is 11.1 Å². The number of benzene rings is 2. The third kappa shape index (κ3) is 1.53. The van der Waals surface area contributed by atoms with E-state index in [4.69, 9.17) is 0 Å². The van der Waals surface area contributed by atoms with Gasteiger partial charge in [-0.25, -0.2) is 9.59 Å². The quantitative estimate of drug-likeness (QED) is 0.777. The Morgan fingerprint density at radius 2 is 1.20 bits per heavy atom. The lowest BCUT2D eigenvalue weighted by molar-refractivity contribution is 0.0686. The van der Waals surface area contributed by atoms with Crippen LogP contribution in [0.4, 0.5) is 0 Å². The molecule has 0 atom stereocenters. The zero-order valence-electron chi connectivity index (χ0n) is 10.2. The van der Waals surface area contributed by atoms with E-state index in [1.807, 2.05) is 0 Å². The van der Waals surface area contributed by atoms with E-state index in [-0.39, 0.29) is 22.3 Å². The molecule has 0 radical (unpaired) electrons. The molecule has 0 aliphatic heterocycles. The molecule has 20 heavy (non-hydrogen) atoms. The topological polar surface area (TPSA) is 94.8 Å². The Morgan fingerprint density at radius 1 is 0.800 bits per heavy atom. The maximum Gasteiger partial charge on any atom is 0.336 e. The fourth-order valence-corrected chi connectivity index (χ4v) is 2.71. The third-order valence-corrected chi connectivity index (χ3v) is 3.51. The first-order valence-corrected chi connectivity index (χ1v) is 5.93. The molecule has 3 N–H and O–H groups in total. The first kappa shape index (κ1) is 12.4. The molecule has 100 valence electrons. The van der Waals surface area contributed by atoms with E-state index >= 15 is 0 Å². The molecule has 0 amide bonds. The van der Waals surface area contributed by atoms with E-state index in [1.165, 1.54) is 12.1 Å². The molecule has 0 spiro atoms. The molecule has 5 heteroatoms. The minimum Gasteiger partial charge on any atom is -0.478 e. The lowest BCUT2D eigenvalue weighted by atomic mass is 9.99. The molecule has 0 unspecified atom stereocenters. The van der Waals surface area contributed by atoms with Crippen LogP contribution >= 0.6 is 0 Å². The zero-order valence-corrected chi connectivity index (χ0v) is 10.2. The van der Waals surface area contributed by atoms with Gasteiger partial charge in [0.1, 0.15) is 6.10 Å². The summed E-state index contributed by atoms with van der Waals surface area (Å²) in [4.78, 5) is 22.5. The second kappa shape index (κ2) is 4.18. The minimum atomic E-state index is -1.24. The second-order valence-corrected chi connectivity index (χ2v) is 4.55. The van der Waals surface area contributed by atoms with Gasteiger partial charge in [-0.2, -0.15) is 0 Å². The van der Waals surface area contributed by atoms with Gasteiger partial charge < -0.3 is 15.3 Å². The highest BCUT2D eigenvalue weighted by atomic mass is 16.4. The van der Waals surface area contributed by atoms with Gasteiger partial charge in [0, 0.05) is 11.1 Å². The molecule has 2 aromatic rings. The van der Waals surface area contributed by atoms with Crippen LogP contribution in [0.3, 0.4) is 0 Å². The monoisotopic (exact) mass is 270 g/mol. The van der Waals surface area contributed by atoms with E-state index in [9.17, 15) is 24.9 Å². The molecule has 1 aliphatic rings. The Balaban J connectivity index is 2.35. The molecule has 0 saturated carbocycles. The molecule has 3 rings (SSSR count). The molecular formula is C15H10O5. The normalized spacial score (nSPS) is 12.8. The Labute approximate surface area is 113 Å². The van der Waals surface area contributed by atoms with Crippen LogP contribution in [0.1, 0.15) is 37.9 Å². The highest BCUT2D eigenvalue weighted by Gasteiger charge is 2.34. The summed E-state index contributed by atoms with van der Waals surface area (Å²) in [6, 6.07) is 9.33. The molecule has 0 heterocycles. The van der Waals surface area contributed by atoms with Gasteiger partial charge in [0.15, 0.2) is 0 Å². The van der Waals surface area contributed by atoms with Gasteiger partial charge in [-0.05, 0) is 23.3 Å². The molecular weight excluding hydrogens is 260 g/mol. The zero-order chi connectivity index (χ0) is 14.4. The lowest BCUT2D eigenvalue weighted by Gasteiger charge is -2.10. The standard InChI is InChI=1S/C15H10O5/c16-13-11-7(3-1-5-9(11)14(17)18)8-4-2-6-10(12(8)13)15(19)20/h1-6,13,16H,(H,17,18)(H,19,20). The summed E-state index contributed by atoms with van der Waals surface area (Å²) in [6.45, 7) is 0. The molecule has 0 saturated heterocycles. The van der Waals surface area contributed by atoms with Crippen LogP contribution in [-0.4, -0.2) is 27.3 Å². The van der Waals surface area contributed by atoms with Crippen LogP contribution in [0.5, 0.6) is 0 Å². The number of carboxylic acid groups (broad SMARTS) is 2. The van der Waals surface area contributed by atoms with Gasteiger partial charge in [-0.15, -0.1) is 0 Å². The van der Waals surface area contributed by atoms with E-state index in [0.717, 1.165) is 0 Å². The fraction of sp³-hybridized carbons (Fsp3) is 0.0667. The molecule has 1 aliphatic carbocycles. The number of rotatable bonds is 2. The number of carbonyl (C=O) groups is 2. The smallest absolute Gasteiger partial charge is 0.336 e. The Hall–Kier alpha value is -2.66. The lowest BCUT2D eigenvalue weighted by Crippen LogP contribution is -2.08. The molecule has 0 aromatic heterocycles. The number of aromatic carboxylic acids is 2. The summed E-state index contributed by atoms with van der Waals surface area (Å²) in [5.74, 6) is -2.30. The van der Waals surface area contributed by atoms with Crippen molar-refractivity contribution < 1.29 is 24.9 Å². The van der Waals surface area contributed by atoms with E-state index < -0.39 is 18.0 Å². The van der Waals surface area contributed by atoms with Crippen LogP contribution in [0.25, 0.3) is 11.1 Å². The average Bonchev–Trinajstić information content (AvgIpc) is 2.72. The fourth-order valence-electron chi connectivity index (χ4n) is 2.71. The Morgan fingerprint density at radius 3 is 1.55 bits per heavy atom. The van der Waals surface area contributed by atoms with Gasteiger partial charge >= 0.3 is 11.9 Å². The van der Waals surface area contributed by atoms with Crippen LogP contribution in [0, 0.1) is 0 Å². The first-order valence-electron chi connectivity index (χ1n) is 5.93. The highest BCUT2D eigenvalue weighted by molar-refractivity contribution is 5.99. The van der Waals surface area contributed by atoms with Gasteiger partial charge in [-0.3, -0.25) is 0 Å². The summed E-state index contributed by atoms with van der Waals surface area (Å²) in [7, 11) is 0. The van der Waals surface area contributed by atoms with Crippen molar-refractivity contribution in [1.82, 2.24) is 0 Å². The third-order valence-electron chi connectivity index (χ3n) is 3.51. The Bertz CT molecular complexity index is 684. The van der Waals surface area contributed by atoms with E-state index in [0.29, 0.717) is 11.1 Å². The van der Waals surface area contributed by atoms with Crippen LogP contribution in [-0.2, 0) is 0 Å². The van der Waals surface area contributed by atoms with Gasteiger partial charge in [-0.1, -0.05) is 24.3 Å². The average molecular weight is 270 g/mol. The van der Waals surface area contributed by atoms with Crippen molar-refractivity contribution in [3.8, 4) is 11.1 Å². The van der Waals surface area contributed by atoms with Crippen LogP contribution < -0.4 is 0 Å². The number of carboxylic acids is 2. The number of hydrogen-bond donors (Lipinski definition) is 3. The summed E-state index contributed by atoms with van der Waals surface area (Å²) in [6.07, 6.45) is -1.24. The highest BCUT2D eigenvalue weighted by Crippen LogP contribution is 2.46. The van der Waals surface area contributed by atoms with Gasteiger partial charge in [0.25, 0.3) is 0 Å². The van der Waals surface area contributed by atoms with Crippen LogP contribution in [0.2, 0.25) is 0 Å². The summed E-state index contributed by atoms with van der Waals surface area (Å²) < 4.78 is 0. The van der Waals surface area contributed by atoms with Crippen molar-refractivity contribution in [2.24, 2.45) is 0 Å². The SMILES string of the molecule is O=C(O)c1cccc2c1C(O)c1c(C(=O)O)cccc1-2. The van der Waals surface area contributed by atoms with Crippen molar-refractivity contribution >= 4 is 11.9 Å². The van der Waals surface area contributed by atoms with E-state index in [1.54, 1.807) is 24.3 Å². The number of aliphatic hydroxyl groups excluding tert-OH is 1. The maximum absolute atomic E-state index is 11.2. The summed E-state index contributed by atoms with van der Waals surface area (Å²) in [5, 5.41) is 28.8. The van der Waals surface area contributed by atoms with Crippen LogP contribution in [0.15, 0.2) is 36.4 Å². The predicted molar refractivity (Wildman–Crippen MR) is 69.9 cm³/mol. The minimum absolute atomic E-state index is 0.0115. The van der Waals surface area contributed by atoms with E-state index in [2.05, 4.69) is 0 Å². The molecule has 2 aromatic carbocycles. The summed E-state index contributed by atoms with van der Waals surface area (Å²) in [5.41, 5.74) is 1.61. The van der Waals surface area contributed by atoms with Crippen molar-refractivity contribution in [2.45, 2.75) is 6.10 Å². The van der Waals surface area contributed by atoms with Crippen molar-refractivity contribution in [2.75, 3.05) is 0 Å². The van der Waals surface area contributed by atoms with Gasteiger partial charge in [0.2, 0.25) is 0 Å². The molecule has 0 fully saturated rings. The first-order chi connectivity index (χ1) is 9.52. The molecule has 0 bridgehead atoms. The van der Waals surface area contributed by atoms with Crippen molar-refractivity contribution in [3.63, 3.8) is 0 Å². The number of hydrogen-bond acceptors (Lipinski definition) is 3. The molecule has 5 nitrogen and oxygen atoms in total. The summed E-state index contributed by atoms with van der Waals surface area (Å²) >= 11 is 0. The largest absolute Gasteiger partial charge is 0.478 e. The van der Waals surface area contributed by atoms with Crippen molar-refractivity contribution in [1.29, 1.82) is 0 Å². The Kier molecular flexibility index (Phi) is 2.59. The second-order valence-electron chi connectivity index (χ2n) is 4.55. The van der Waals surface area contributed by atoms with Crippen molar-refractivity contribution in [3.05, 3.63) is 58.7 Å². The number of aliphatic hydroxyl groups is 1.